The van der Waals surface area contributed by atoms with E-state index in [-0.39, 0.29) is 5.78 Å². The lowest BCUT2D eigenvalue weighted by molar-refractivity contribution is -1.01. The molecule has 1 aromatic carbocycles. The summed E-state index contributed by atoms with van der Waals surface area (Å²) in [6.07, 6.45) is 2.29. The lowest BCUT2D eigenvalue weighted by Crippen LogP contribution is -3.28. The highest BCUT2D eigenvalue weighted by molar-refractivity contribution is 5.94. The molecule has 0 atom stereocenters. The van der Waals surface area contributed by atoms with Crippen LogP contribution in [0.15, 0.2) is 24.3 Å². The predicted molar refractivity (Wildman–Crippen MR) is 88.0 cm³/mol. The zero-order valence-corrected chi connectivity index (χ0v) is 14.0. The van der Waals surface area contributed by atoms with Crippen molar-refractivity contribution in [2.45, 2.75) is 26.7 Å². The smallest absolute Gasteiger partial charge is 0.159 e. The van der Waals surface area contributed by atoms with Gasteiger partial charge in [-0.25, -0.2) is 0 Å². The van der Waals surface area contributed by atoms with Crippen LogP contribution in [0.4, 0.5) is 0 Å². The lowest BCUT2D eigenvalue weighted by atomic mass is 10.1. The van der Waals surface area contributed by atoms with Gasteiger partial charge in [0.2, 0.25) is 0 Å². The Morgan fingerprint density at radius 1 is 1.14 bits per heavy atom. The van der Waals surface area contributed by atoms with Crippen molar-refractivity contribution in [3.05, 3.63) is 29.8 Å². The molecule has 1 fully saturated rings. The van der Waals surface area contributed by atoms with Crippen LogP contribution in [-0.4, -0.2) is 51.7 Å². The van der Waals surface area contributed by atoms with Crippen molar-refractivity contribution in [2.24, 2.45) is 0 Å². The van der Waals surface area contributed by atoms with Gasteiger partial charge in [-0.05, 0) is 38.8 Å². The van der Waals surface area contributed by atoms with E-state index in [1.54, 1.807) is 16.7 Å². The van der Waals surface area contributed by atoms with Gasteiger partial charge in [-0.15, -0.1) is 0 Å². The van der Waals surface area contributed by atoms with E-state index in [9.17, 15) is 4.79 Å². The van der Waals surface area contributed by atoms with Crippen LogP contribution in [0, 0.1) is 0 Å². The average molecular weight is 306 g/mol. The van der Waals surface area contributed by atoms with E-state index >= 15 is 0 Å². The van der Waals surface area contributed by atoms with Crippen LogP contribution < -0.4 is 14.5 Å². The molecule has 4 heteroatoms. The SMILES string of the molecule is CC[NH+]1CC[NH+](CCCCOc2cccc(C(C)=O)c2)CC1. The Hall–Kier alpha value is -1.39. The van der Waals surface area contributed by atoms with Crippen LogP contribution in [0.3, 0.4) is 0 Å². The number of nitrogens with one attached hydrogen (secondary N) is 2. The highest BCUT2D eigenvalue weighted by Gasteiger charge is 2.20. The van der Waals surface area contributed by atoms with Gasteiger partial charge in [0.15, 0.2) is 5.78 Å². The Kier molecular flexibility index (Phi) is 6.87. The van der Waals surface area contributed by atoms with Crippen LogP contribution in [0.25, 0.3) is 0 Å². The molecule has 2 N–H and O–H groups in total. The molecule has 1 heterocycles. The quantitative estimate of drug-likeness (QED) is 0.518. The van der Waals surface area contributed by atoms with Crippen molar-refractivity contribution in [1.82, 2.24) is 0 Å². The van der Waals surface area contributed by atoms with Gasteiger partial charge in [-0.1, -0.05) is 12.1 Å². The van der Waals surface area contributed by atoms with Gasteiger partial charge >= 0.3 is 0 Å². The normalized spacial score (nSPS) is 21.5. The van der Waals surface area contributed by atoms with Crippen molar-refractivity contribution in [1.29, 1.82) is 0 Å². The van der Waals surface area contributed by atoms with Crippen LogP contribution in [0.5, 0.6) is 5.75 Å². The van der Waals surface area contributed by atoms with E-state index in [0.29, 0.717) is 0 Å². The first-order valence-electron chi connectivity index (χ1n) is 8.60. The van der Waals surface area contributed by atoms with Crippen LogP contribution in [0.2, 0.25) is 0 Å². The molecule has 0 bridgehead atoms. The number of Topliss-reactive ketones (excluding diaryl/α,β-unsaturated/α-hetero) is 1. The summed E-state index contributed by atoms with van der Waals surface area (Å²) in [5, 5.41) is 0. The van der Waals surface area contributed by atoms with Gasteiger partial charge in [0, 0.05) is 5.56 Å². The maximum absolute atomic E-state index is 11.3. The Labute approximate surface area is 134 Å². The second kappa shape index (κ2) is 8.91. The van der Waals surface area contributed by atoms with E-state index in [0.717, 1.165) is 24.3 Å². The summed E-state index contributed by atoms with van der Waals surface area (Å²) in [7, 11) is 0. The van der Waals surface area contributed by atoms with E-state index < -0.39 is 0 Å². The first-order valence-corrected chi connectivity index (χ1v) is 8.60. The Balaban J connectivity index is 1.60. The zero-order valence-electron chi connectivity index (χ0n) is 14.0. The molecular weight excluding hydrogens is 276 g/mol. The number of carbonyl (C=O) groups is 1. The number of unbranched alkanes of at least 4 members (excludes halogenated alkanes) is 1. The minimum absolute atomic E-state index is 0.0856. The third-order valence-corrected chi connectivity index (χ3v) is 4.60. The van der Waals surface area contributed by atoms with E-state index in [1.807, 2.05) is 24.3 Å². The average Bonchev–Trinajstić information content (AvgIpc) is 2.55. The van der Waals surface area contributed by atoms with E-state index in [1.165, 1.54) is 45.7 Å². The molecule has 2 rings (SSSR count). The maximum atomic E-state index is 11.3. The lowest BCUT2D eigenvalue weighted by Gasteiger charge is -2.28. The highest BCUT2D eigenvalue weighted by Crippen LogP contribution is 2.14. The van der Waals surface area contributed by atoms with Crippen molar-refractivity contribution in [3.8, 4) is 5.75 Å². The molecule has 22 heavy (non-hydrogen) atoms. The zero-order chi connectivity index (χ0) is 15.8. The number of benzene rings is 1. The monoisotopic (exact) mass is 306 g/mol. The third kappa shape index (κ3) is 5.43. The number of quaternary nitrogens is 2. The molecule has 0 saturated carbocycles. The molecule has 4 nitrogen and oxygen atoms in total. The van der Waals surface area contributed by atoms with E-state index in [4.69, 9.17) is 4.74 Å². The molecule has 0 aromatic heterocycles. The topological polar surface area (TPSA) is 35.2 Å². The molecule has 0 amide bonds. The van der Waals surface area contributed by atoms with Gasteiger partial charge in [0.1, 0.15) is 31.9 Å². The molecule has 1 aliphatic heterocycles. The molecule has 122 valence electrons. The van der Waals surface area contributed by atoms with Gasteiger partial charge in [-0.2, -0.15) is 0 Å². The first kappa shape index (κ1) is 17.0. The largest absolute Gasteiger partial charge is 0.494 e. The second-order valence-electron chi connectivity index (χ2n) is 6.24. The summed E-state index contributed by atoms with van der Waals surface area (Å²) in [6, 6.07) is 7.47. The number of ether oxygens (including phenoxy) is 1. The van der Waals surface area contributed by atoms with Crippen molar-refractivity contribution in [2.75, 3.05) is 45.9 Å². The molecule has 1 saturated heterocycles. The molecule has 0 spiro atoms. The molecule has 1 aromatic rings. The number of piperazine rings is 1. The molecule has 0 aliphatic carbocycles. The van der Waals surface area contributed by atoms with E-state index in [2.05, 4.69) is 6.92 Å². The number of hydrogen-bond acceptors (Lipinski definition) is 2. The van der Waals surface area contributed by atoms with Gasteiger partial charge in [0.05, 0.1) is 19.7 Å². The summed E-state index contributed by atoms with van der Waals surface area (Å²) in [6.45, 7) is 12.4. The minimum Gasteiger partial charge on any atom is -0.494 e. The minimum atomic E-state index is 0.0856. The Bertz CT molecular complexity index is 468. The van der Waals surface area contributed by atoms with Crippen LogP contribution >= 0.6 is 0 Å². The fourth-order valence-corrected chi connectivity index (χ4v) is 3.03. The number of hydrogen-bond donors (Lipinski definition) is 2. The van der Waals surface area contributed by atoms with Crippen molar-refractivity contribution < 1.29 is 19.3 Å². The standard InChI is InChI=1S/C18H28N2O2/c1-3-19-10-12-20(13-11-19)9-4-5-14-22-18-8-6-7-17(15-18)16(2)21/h6-8,15H,3-5,9-14H2,1-2H3/p+2. The summed E-state index contributed by atoms with van der Waals surface area (Å²) in [4.78, 5) is 14.8. The summed E-state index contributed by atoms with van der Waals surface area (Å²) >= 11 is 0. The maximum Gasteiger partial charge on any atom is 0.159 e. The molecular formula is C18H30N2O2+2. The fraction of sp³-hybridized carbons (Fsp3) is 0.611. The van der Waals surface area contributed by atoms with Gasteiger partial charge in [0.25, 0.3) is 0 Å². The number of carbonyl (C=O) groups excluding carboxylic acids is 1. The van der Waals surface area contributed by atoms with Gasteiger partial charge in [-0.3, -0.25) is 4.79 Å². The van der Waals surface area contributed by atoms with Crippen LogP contribution in [-0.2, 0) is 0 Å². The molecule has 0 unspecified atom stereocenters. The Morgan fingerprint density at radius 3 is 2.55 bits per heavy atom. The predicted octanol–water partition coefficient (Wildman–Crippen LogP) is -0.148. The van der Waals surface area contributed by atoms with Gasteiger partial charge < -0.3 is 14.5 Å². The highest BCUT2D eigenvalue weighted by atomic mass is 16.5. The molecule has 1 aliphatic rings. The summed E-state index contributed by atoms with van der Waals surface area (Å²) < 4.78 is 5.76. The fourth-order valence-electron chi connectivity index (χ4n) is 3.03. The van der Waals surface area contributed by atoms with Crippen LogP contribution in [0.1, 0.15) is 37.0 Å². The first-order chi connectivity index (χ1) is 10.7. The van der Waals surface area contributed by atoms with Crippen molar-refractivity contribution >= 4 is 5.78 Å². The van der Waals surface area contributed by atoms with Crippen molar-refractivity contribution in [3.63, 3.8) is 0 Å². The number of ketones is 1. The second-order valence-corrected chi connectivity index (χ2v) is 6.24. The third-order valence-electron chi connectivity index (χ3n) is 4.60. The number of rotatable bonds is 8. The summed E-state index contributed by atoms with van der Waals surface area (Å²) in [5.41, 5.74) is 0.721. The number of likely N-dealkylation sites (N-methyl/N-ethyl adjacent to an activating group) is 1. The molecule has 0 radical (unpaired) electrons. The Morgan fingerprint density at radius 2 is 1.86 bits per heavy atom. The summed E-state index contributed by atoms with van der Waals surface area (Å²) in [5.74, 6) is 0.891.